The second-order valence-electron chi connectivity index (χ2n) is 8.79. The average molecular weight is 296 g/mol. The van der Waals surface area contributed by atoms with Gasteiger partial charge in [-0.2, -0.15) is 0 Å². The molecule has 0 saturated heterocycles. The van der Waals surface area contributed by atoms with E-state index in [9.17, 15) is 15.0 Å². The lowest BCUT2D eigenvalue weighted by molar-refractivity contribution is -0.168. The molecule has 5 atom stereocenters. The van der Waals surface area contributed by atoms with Gasteiger partial charge in [-0.25, -0.2) is 0 Å². The van der Waals surface area contributed by atoms with Gasteiger partial charge in [-0.1, -0.05) is 20.8 Å². The Morgan fingerprint density at radius 3 is 2.48 bits per heavy atom. The van der Waals surface area contributed by atoms with E-state index in [1.54, 1.807) is 0 Å². The first-order chi connectivity index (χ1) is 9.59. The maximum absolute atomic E-state index is 11.2. The zero-order valence-corrected chi connectivity index (χ0v) is 13.6. The normalized spacial score (nSPS) is 50.2. The van der Waals surface area contributed by atoms with Crippen molar-refractivity contribution in [2.24, 2.45) is 28.1 Å². The molecule has 21 heavy (non-hydrogen) atoms. The SMILES string of the molecule is CC(=O)OCC12CC1(C)C1CC(C)(C)CC1CC2(O)CO. The van der Waals surface area contributed by atoms with E-state index in [0.29, 0.717) is 23.7 Å². The highest BCUT2D eigenvalue weighted by atomic mass is 16.5. The van der Waals surface area contributed by atoms with E-state index in [1.165, 1.54) is 6.92 Å². The van der Waals surface area contributed by atoms with Crippen molar-refractivity contribution in [3.63, 3.8) is 0 Å². The Balaban J connectivity index is 1.93. The van der Waals surface area contributed by atoms with Crippen LogP contribution < -0.4 is 0 Å². The van der Waals surface area contributed by atoms with E-state index >= 15 is 0 Å². The topological polar surface area (TPSA) is 66.8 Å². The van der Waals surface area contributed by atoms with E-state index in [4.69, 9.17) is 4.74 Å². The molecule has 2 N–H and O–H groups in total. The van der Waals surface area contributed by atoms with Crippen LogP contribution in [0.15, 0.2) is 0 Å². The maximum atomic E-state index is 11.2. The molecule has 0 bridgehead atoms. The van der Waals surface area contributed by atoms with E-state index < -0.39 is 11.0 Å². The third kappa shape index (κ3) is 1.91. The van der Waals surface area contributed by atoms with Gasteiger partial charge in [0, 0.05) is 12.3 Å². The van der Waals surface area contributed by atoms with Crippen LogP contribution in [0.1, 0.15) is 53.4 Å². The van der Waals surface area contributed by atoms with Crippen molar-refractivity contribution in [1.29, 1.82) is 0 Å². The summed E-state index contributed by atoms with van der Waals surface area (Å²) in [5, 5.41) is 20.9. The lowest BCUT2D eigenvalue weighted by Crippen LogP contribution is -2.54. The van der Waals surface area contributed by atoms with Gasteiger partial charge in [0.25, 0.3) is 0 Å². The standard InChI is InChI=1S/C17H28O4/c1-11(19)21-10-16-8-15(16,4)13-7-14(2,3)5-12(13)6-17(16,20)9-18/h12-13,18,20H,5-10H2,1-4H3. The van der Waals surface area contributed by atoms with Crippen molar-refractivity contribution in [2.75, 3.05) is 13.2 Å². The van der Waals surface area contributed by atoms with Gasteiger partial charge in [0.2, 0.25) is 0 Å². The molecule has 3 aliphatic rings. The summed E-state index contributed by atoms with van der Waals surface area (Å²) in [4.78, 5) is 11.2. The van der Waals surface area contributed by atoms with Crippen LogP contribution in [0.25, 0.3) is 0 Å². The van der Waals surface area contributed by atoms with Crippen molar-refractivity contribution in [3.8, 4) is 0 Å². The fraction of sp³-hybridized carbons (Fsp3) is 0.941. The Kier molecular flexibility index (Phi) is 3.08. The monoisotopic (exact) mass is 296 g/mol. The van der Waals surface area contributed by atoms with E-state index in [-0.39, 0.29) is 24.6 Å². The third-order valence-corrected chi connectivity index (χ3v) is 6.89. The van der Waals surface area contributed by atoms with Crippen molar-refractivity contribution in [3.05, 3.63) is 0 Å². The molecule has 3 saturated carbocycles. The molecule has 0 heterocycles. The Morgan fingerprint density at radius 1 is 1.24 bits per heavy atom. The number of hydrogen-bond donors (Lipinski definition) is 2. The van der Waals surface area contributed by atoms with Crippen molar-refractivity contribution in [2.45, 2.75) is 59.0 Å². The van der Waals surface area contributed by atoms with Gasteiger partial charge in [0.05, 0.1) is 12.2 Å². The van der Waals surface area contributed by atoms with Crippen LogP contribution in [-0.2, 0) is 9.53 Å². The minimum absolute atomic E-state index is 0.0172. The molecule has 0 radical (unpaired) electrons. The van der Waals surface area contributed by atoms with E-state index in [0.717, 1.165) is 19.3 Å². The first-order valence-electron chi connectivity index (χ1n) is 8.06. The summed E-state index contributed by atoms with van der Waals surface area (Å²) < 4.78 is 5.28. The van der Waals surface area contributed by atoms with Gasteiger partial charge in [-0.05, 0) is 48.3 Å². The van der Waals surface area contributed by atoms with E-state index in [2.05, 4.69) is 20.8 Å². The predicted molar refractivity (Wildman–Crippen MR) is 78.4 cm³/mol. The van der Waals surface area contributed by atoms with Gasteiger partial charge in [0.15, 0.2) is 0 Å². The summed E-state index contributed by atoms with van der Waals surface area (Å²) in [6, 6.07) is 0. The number of carbonyl (C=O) groups excluding carboxylic acids is 1. The number of rotatable bonds is 3. The second-order valence-corrected chi connectivity index (χ2v) is 8.79. The summed E-state index contributed by atoms with van der Waals surface area (Å²) in [6.07, 6.45) is 3.76. The quantitative estimate of drug-likeness (QED) is 0.783. The molecule has 3 rings (SSSR count). The van der Waals surface area contributed by atoms with Crippen LogP contribution in [0.2, 0.25) is 0 Å². The lowest BCUT2D eigenvalue weighted by atomic mass is 9.61. The van der Waals surface area contributed by atoms with Crippen molar-refractivity contribution in [1.82, 2.24) is 0 Å². The van der Waals surface area contributed by atoms with Crippen LogP contribution in [0.3, 0.4) is 0 Å². The molecule has 0 aromatic heterocycles. The zero-order chi connectivity index (χ0) is 15.7. The predicted octanol–water partition coefficient (Wildman–Crippen LogP) is 2.13. The summed E-state index contributed by atoms with van der Waals surface area (Å²) >= 11 is 0. The summed E-state index contributed by atoms with van der Waals surface area (Å²) in [5.74, 6) is 0.720. The third-order valence-electron chi connectivity index (χ3n) is 6.89. The summed E-state index contributed by atoms with van der Waals surface area (Å²) in [7, 11) is 0. The largest absolute Gasteiger partial charge is 0.465 e. The Morgan fingerprint density at radius 2 is 1.90 bits per heavy atom. The summed E-state index contributed by atoms with van der Waals surface area (Å²) in [5.41, 5.74) is -1.29. The van der Waals surface area contributed by atoms with Gasteiger partial charge in [0.1, 0.15) is 6.61 Å². The minimum atomic E-state index is -1.11. The Labute approximate surface area is 126 Å². The molecule has 4 heteroatoms. The van der Waals surface area contributed by atoms with Gasteiger partial charge in [-0.15, -0.1) is 0 Å². The maximum Gasteiger partial charge on any atom is 0.302 e. The first kappa shape index (κ1) is 15.3. The number of carbonyl (C=O) groups is 1. The number of aliphatic hydroxyl groups excluding tert-OH is 1. The van der Waals surface area contributed by atoms with Crippen LogP contribution in [0.5, 0.6) is 0 Å². The van der Waals surface area contributed by atoms with Crippen LogP contribution in [-0.4, -0.2) is 35.0 Å². The molecular weight excluding hydrogens is 268 g/mol. The van der Waals surface area contributed by atoms with Crippen molar-refractivity contribution >= 4 is 5.97 Å². The molecule has 0 spiro atoms. The molecule has 120 valence electrons. The fourth-order valence-corrected chi connectivity index (χ4v) is 5.84. The second kappa shape index (κ2) is 4.23. The molecule has 0 aromatic carbocycles. The van der Waals surface area contributed by atoms with Crippen LogP contribution >= 0.6 is 0 Å². The smallest absolute Gasteiger partial charge is 0.302 e. The Hall–Kier alpha value is -0.610. The number of aliphatic hydroxyl groups is 2. The molecule has 0 aromatic rings. The molecule has 3 fully saturated rings. The average Bonchev–Trinajstić information content (AvgIpc) is 2.89. The summed E-state index contributed by atoms with van der Waals surface area (Å²) in [6.45, 7) is 8.20. The Bertz CT molecular complexity index is 473. The van der Waals surface area contributed by atoms with Crippen LogP contribution in [0.4, 0.5) is 0 Å². The molecule has 5 unspecified atom stereocenters. The highest BCUT2D eigenvalue weighted by Crippen LogP contribution is 2.80. The minimum Gasteiger partial charge on any atom is -0.465 e. The number of hydrogen-bond acceptors (Lipinski definition) is 4. The van der Waals surface area contributed by atoms with Gasteiger partial charge < -0.3 is 14.9 Å². The zero-order valence-electron chi connectivity index (χ0n) is 13.6. The molecule has 3 aliphatic carbocycles. The molecule has 4 nitrogen and oxygen atoms in total. The molecule has 0 aliphatic heterocycles. The lowest BCUT2D eigenvalue weighted by Gasteiger charge is -2.47. The molecular formula is C17H28O4. The molecule has 0 amide bonds. The van der Waals surface area contributed by atoms with E-state index in [1.807, 2.05) is 0 Å². The number of esters is 1. The fourth-order valence-electron chi connectivity index (χ4n) is 5.84. The van der Waals surface area contributed by atoms with Gasteiger partial charge >= 0.3 is 5.97 Å². The highest BCUT2D eigenvalue weighted by Gasteiger charge is 2.80. The van der Waals surface area contributed by atoms with Gasteiger partial charge in [-0.3, -0.25) is 4.79 Å². The van der Waals surface area contributed by atoms with Crippen LogP contribution in [0, 0.1) is 28.1 Å². The first-order valence-corrected chi connectivity index (χ1v) is 8.06. The highest BCUT2D eigenvalue weighted by molar-refractivity contribution is 5.66. The number of fused-ring (bicyclic) bond motifs is 3. The van der Waals surface area contributed by atoms with Crippen molar-refractivity contribution < 1.29 is 19.7 Å². The number of ether oxygens (including phenoxy) is 1.